The van der Waals surface area contributed by atoms with Crippen molar-refractivity contribution in [2.75, 3.05) is 19.6 Å². The molecular weight excluding hydrogens is 178 g/mol. The number of nitriles is 1. The molecule has 0 atom stereocenters. The molecule has 0 aromatic rings. The summed E-state index contributed by atoms with van der Waals surface area (Å²) in [6, 6.07) is 2.03. The molecule has 0 aromatic heterocycles. The van der Waals surface area contributed by atoms with Crippen LogP contribution in [0.2, 0.25) is 0 Å². The van der Waals surface area contributed by atoms with Crippen molar-refractivity contribution in [2.24, 2.45) is 0 Å². The van der Waals surface area contributed by atoms with E-state index < -0.39 is 6.61 Å². The SMILES string of the molecule is N#CCN1CCC(OC(F)F)CC1. The predicted molar refractivity (Wildman–Crippen MR) is 42.2 cm³/mol. The Balaban J connectivity index is 2.19. The van der Waals surface area contributed by atoms with Crippen LogP contribution >= 0.6 is 0 Å². The Hall–Kier alpha value is -0.730. The van der Waals surface area contributed by atoms with Crippen LogP contribution in [-0.4, -0.2) is 37.2 Å². The van der Waals surface area contributed by atoms with Gasteiger partial charge < -0.3 is 4.74 Å². The highest BCUT2D eigenvalue weighted by Crippen LogP contribution is 2.15. The molecule has 0 amide bonds. The zero-order chi connectivity index (χ0) is 9.68. The molecule has 1 aliphatic heterocycles. The number of likely N-dealkylation sites (tertiary alicyclic amines) is 1. The van der Waals surface area contributed by atoms with E-state index in [-0.39, 0.29) is 6.10 Å². The lowest BCUT2D eigenvalue weighted by atomic mass is 10.1. The molecule has 1 rings (SSSR count). The number of alkyl halides is 2. The van der Waals surface area contributed by atoms with Crippen LogP contribution in [0, 0.1) is 11.3 Å². The maximum Gasteiger partial charge on any atom is 0.345 e. The molecule has 0 spiro atoms. The van der Waals surface area contributed by atoms with Gasteiger partial charge in [0, 0.05) is 13.1 Å². The Morgan fingerprint density at radius 1 is 1.46 bits per heavy atom. The van der Waals surface area contributed by atoms with Gasteiger partial charge in [0.1, 0.15) is 0 Å². The number of piperidine rings is 1. The predicted octanol–water partition coefficient (Wildman–Crippen LogP) is 1.21. The largest absolute Gasteiger partial charge is 0.345 e. The summed E-state index contributed by atoms with van der Waals surface area (Å²) in [7, 11) is 0. The van der Waals surface area contributed by atoms with E-state index >= 15 is 0 Å². The van der Waals surface area contributed by atoms with E-state index in [1.165, 1.54) is 0 Å². The van der Waals surface area contributed by atoms with Gasteiger partial charge in [0.05, 0.1) is 18.7 Å². The van der Waals surface area contributed by atoms with Crippen LogP contribution in [0.3, 0.4) is 0 Å². The minimum absolute atomic E-state index is 0.338. The van der Waals surface area contributed by atoms with Gasteiger partial charge >= 0.3 is 6.61 Å². The highest BCUT2D eigenvalue weighted by atomic mass is 19.3. The molecule has 0 unspecified atom stereocenters. The molecule has 0 radical (unpaired) electrons. The monoisotopic (exact) mass is 190 g/mol. The third kappa shape index (κ3) is 3.66. The molecule has 5 heteroatoms. The van der Waals surface area contributed by atoms with Crippen molar-refractivity contribution in [3.8, 4) is 6.07 Å². The van der Waals surface area contributed by atoms with Gasteiger partial charge in [-0.25, -0.2) is 0 Å². The van der Waals surface area contributed by atoms with E-state index in [0.29, 0.717) is 32.5 Å². The summed E-state index contributed by atoms with van der Waals surface area (Å²) < 4.78 is 27.9. The smallest absolute Gasteiger partial charge is 0.320 e. The lowest BCUT2D eigenvalue weighted by Gasteiger charge is -2.29. The lowest BCUT2D eigenvalue weighted by molar-refractivity contribution is -0.172. The molecule has 1 heterocycles. The summed E-state index contributed by atoms with van der Waals surface area (Å²) in [5, 5.41) is 8.39. The van der Waals surface area contributed by atoms with E-state index in [1.54, 1.807) is 0 Å². The average molecular weight is 190 g/mol. The van der Waals surface area contributed by atoms with Crippen LogP contribution in [0.5, 0.6) is 0 Å². The van der Waals surface area contributed by atoms with Crippen LogP contribution in [0.1, 0.15) is 12.8 Å². The molecule has 13 heavy (non-hydrogen) atoms. The minimum atomic E-state index is -2.67. The molecule has 0 aliphatic carbocycles. The fourth-order valence-corrected chi connectivity index (χ4v) is 1.45. The maximum atomic E-state index is 11.8. The van der Waals surface area contributed by atoms with Crippen molar-refractivity contribution in [3.05, 3.63) is 0 Å². The first-order valence-electron chi connectivity index (χ1n) is 4.25. The van der Waals surface area contributed by atoms with Crippen molar-refractivity contribution in [1.82, 2.24) is 4.90 Å². The standard InChI is InChI=1S/C8H12F2N2O/c9-8(10)13-7-1-4-12(5-2-7)6-3-11/h7-8H,1-2,4-6H2. The number of rotatable bonds is 3. The average Bonchev–Trinajstić information content (AvgIpc) is 2.08. The first kappa shape index (κ1) is 10.4. The van der Waals surface area contributed by atoms with Gasteiger partial charge in [-0.3, -0.25) is 4.90 Å². The van der Waals surface area contributed by atoms with Crippen molar-refractivity contribution in [3.63, 3.8) is 0 Å². The summed E-state index contributed by atoms with van der Waals surface area (Å²) in [5.74, 6) is 0. The fourth-order valence-electron chi connectivity index (χ4n) is 1.45. The zero-order valence-corrected chi connectivity index (χ0v) is 7.25. The van der Waals surface area contributed by atoms with Gasteiger partial charge in [0.25, 0.3) is 0 Å². The normalized spacial score (nSPS) is 20.5. The summed E-state index contributed by atoms with van der Waals surface area (Å²) in [6.45, 7) is -0.954. The van der Waals surface area contributed by atoms with Gasteiger partial charge in [-0.15, -0.1) is 0 Å². The summed E-state index contributed by atoms with van der Waals surface area (Å²) in [6.07, 6.45) is 0.841. The Labute approximate surface area is 75.9 Å². The molecule has 0 saturated carbocycles. The number of halogens is 2. The molecule has 0 N–H and O–H groups in total. The van der Waals surface area contributed by atoms with Gasteiger partial charge in [0.2, 0.25) is 0 Å². The third-order valence-electron chi connectivity index (χ3n) is 2.12. The van der Waals surface area contributed by atoms with Crippen LogP contribution in [0.4, 0.5) is 8.78 Å². The summed E-state index contributed by atoms with van der Waals surface area (Å²) >= 11 is 0. The molecule has 0 aromatic carbocycles. The van der Waals surface area contributed by atoms with Crippen LogP contribution in [0.15, 0.2) is 0 Å². The molecule has 0 bridgehead atoms. The lowest BCUT2D eigenvalue weighted by Crippen LogP contribution is -2.37. The van der Waals surface area contributed by atoms with E-state index in [4.69, 9.17) is 5.26 Å². The molecule has 1 saturated heterocycles. The first-order chi connectivity index (χ1) is 6.22. The van der Waals surface area contributed by atoms with Crippen LogP contribution in [0.25, 0.3) is 0 Å². The van der Waals surface area contributed by atoms with Crippen LogP contribution < -0.4 is 0 Å². The van der Waals surface area contributed by atoms with Crippen molar-refractivity contribution >= 4 is 0 Å². The molecule has 1 aliphatic rings. The topological polar surface area (TPSA) is 36.3 Å². The quantitative estimate of drug-likeness (QED) is 0.628. The summed E-state index contributed by atoms with van der Waals surface area (Å²) in [5.41, 5.74) is 0. The Morgan fingerprint density at radius 2 is 2.08 bits per heavy atom. The molecule has 3 nitrogen and oxygen atoms in total. The van der Waals surface area contributed by atoms with Gasteiger partial charge in [-0.1, -0.05) is 0 Å². The van der Waals surface area contributed by atoms with E-state index in [9.17, 15) is 8.78 Å². The van der Waals surface area contributed by atoms with Crippen molar-refractivity contribution in [2.45, 2.75) is 25.6 Å². The van der Waals surface area contributed by atoms with E-state index in [0.717, 1.165) is 0 Å². The first-order valence-corrected chi connectivity index (χ1v) is 4.25. The molecule has 74 valence electrons. The van der Waals surface area contributed by atoms with Gasteiger partial charge in [0.15, 0.2) is 0 Å². The minimum Gasteiger partial charge on any atom is -0.320 e. The zero-order valence-electron chi connectivity index (χ0n) is 7.25. The fraction of sp³-hybridized carbons (Fsp3) is 0.875. The second kappa shape index (κ2) is 5.10. The summed E-state index contributed by atoms with van der Waals surface area (Å²) in [4.78, 5) is 1.94. The second-order valence-corrected chi connectivity index (χ2v) is 3.03. The molecular formula is C8H12F2N2O. The van der Waals surface area contributed by atoms with E-state index in [1.807, 2.05) is 11.0 Å². The third-order valence-corrected chi connectivity index (χ3v) is 2.12. The number of hydrogen-bond donors (Lipinski definition) is 0. The second-order valence-electron chi connectivity index (χ2n) is 3.03. The van der Waals surface area contributed by atoms with E-state index in [2.05, 4.69) is 4.74 Å². The van der Waals surface area contributed by atoms with Gasteiger partial charge in [-0.2, -0.15) is 14.0 Å². The Morgan fingerprint density at radius 3 is 2.54 bits per heavy atom. The Kier molecular flexibility index (Phi) is 4.06. The molecule has 1 fully saturated rings. The van der Waals surface area contributed by atoms with Crippen molar-refractivity contribution < 1.29 is 13.5 Å². The highest BCUT2D eigenvalue weighted by Gasteiger charge is 2.21. The highest BCUT2D eigenvalue weighted by molar-refractivity contribution is 4.80. The number of hydrogen-bond acceptors (Lipinski definition) is 3. The van der Waals surface area contributed by atoms with Crippen molar-refractivity contribution in [1.29, 1.82) is 5.26 Å². The Bertz CT molecular complexity index is 185. The number of ether oxygens (including phenoxy) is 1. The van der Waals surface area contributed by atoms with Crippen LogP contribution in [-0.2, 0) is 4.74 Å². The number of nitrogens with zero attached hydrogens (tertiary/aromatic N) is 2. The maximum absolute atomic E-state index is 11.8. The van der Waals surface area contributed by atoms with Gasteiger partial charge in [-0.05, 0) is 12.8 Å².